The number of carbonyl (C=O) groups excluding carboxylic acids is 1. The minimum absolute atomic E-state index is 0.166. The number of thioether (sulfide) groups is 1. The van der Waals surface area contributed by atoms with Crippen LogP contribution in [0.15, 0.2) is 29.4 Å². The number of methoxy groups -OCH3 is 2. The normalized spacial score (nSPS) is 14.0. The van der Waals surface area contributed by atoms with Crippen LogP contribution in [0.1, 0.15) is 12.8 Å². The van der Waals surface area contributed by atoms with E-state index in [4.69, 9.17) is 9.47 Å². The van der Waals surface area contributed by atoms with Crippen molar-refractivity contribution < 1.29 is 14.3 Å². The molecule has 7 nitrogen and oxygen atoms in total. The molecule has 1 amide bonds. The largest absolute Gasteiger partial charge is 0.497 e. The van der Waals surface area contributed by atoms with Crippen LogP contribution >= 0.6 is 11.8 Å². The predicted octanol–water partition coefficient (Wildman–Crippen LogP) is 2.31. The number of nitrogens with zero attached hydrogens (tertiary/aromatic N) is 4. The highest BCUT2D eigenvalue weighted by Crippen LogP contribution is 2.26. The summed E-state index contributed by atoms with van der Waals surface area (Å²) < 4.78 is 12.4. The first-order chi connectivity index (χ1) is 12.7. The Balaban J connectivity index is 1.76. The second-order valence-electron chi connectivity index (χ2n) is 6.06. The Kier molecular flexibility index (Phi) is 6.51. The second kappa shape index (κ2) is 9.05. The summed E-state index contributed by atoms with van der Waals surface area (Å²) in [5, 5.41) is 9.38. The van der Waals surface area contributed by atoms with Crippen LogP contribution in [0.2, 0.25) is 0 Å². The Bertz CT molecular complexity index is 727. The first-order valence-corrected chi connectivity index (χ1v) is 9.68. The van der Waals surface area contributed by atoms with E-state index in [1.54, 1.807) is 14.2 Å². The van der Waals surface area contributed by atoms with Crippen LogP contribution in [0.5, 0.6) is 5.75 Å². The van der Waals surface area contributed by atoms with E-state index in [9.17, 15) is 4.79 Å². The lowest BCUT2D eigenvalue weighted by atomic mass is 10.2. The third-order valence-electron chi connectivity index (χ3n) is 4.37. The molecule has 0 bridgehead atoms. The smallest absolute Gasteiger partial charge is 0.233 e. The molecule has 1 aliphatic heterocycles. The van der Waals surface area contributed by atoms with Gasteiger partial charge in [-0.2, -0.15) is 0 Å². The summed E-state index contributed by atoms with van der Waals surface area (Å²) in [4.78, 5) is 14.2. The van der Waals surface area contributed by atoms with Crippen LogP contribution in [0.3, 0.4) is 0 Å². The van der Waals surface area contributed by atoms with Gasteiger partial charge in [-0.1, -0.05) is 11.8 Å². The number of aromatic nitrogens is 3. The van der Waals surface area contributed by atoms with E-state index in [1.807, 2.05) is 33.7 Å². The summed E-state index contributed by atoms with van der Waals surface area (Å²) >= 11 is 1.43. The molecule has 0 atom stereocenters. The maximum atomic E-state index is 12.3. The highest BCUT2D eigenvalue weighted by atomic mass is 32.2. The number of benzene rings is 1. The minimum atomic E-state index is 0.166. The van der Waals surface area contributed by atoms with Crippen molar-refractivity contribution in [3.05, 3.63) is 24.3 Å². The molecule has 0 unspecified atom stereocenters. The van der Waals surface area contributed by atoms with E-state index >= 15 is 0 Å². The van der Waals surface area contributed by atoms with Crippen molar-refractivity contribution in [1.82, 2.24) is 19.7 Å². The van der Waals surface area contributed by atoms with Crippen molar-refractivity contribution in [2.75, 3.05) is 39.7 Å². The van der Waals surface area contributed by atoms with Crippen molar-refractivity contribution in [3.8, 4) is 17.1 Å². The molecule has 140 valence electrons. The van der Waals surface area contributed by atoms with Gasteiger partial charge in [0, 0.05) is 25.8 Å². The SMILES string of the molecule is COCCn1c(SCC(=O)N2CCCC2)nnc1-c1ccc(OC)cc1. The van der Waals surface area contributed by atoms with E-state index in [2.05, 4.69) is 10.2 Å². The van der Waals surface area contributed by atoms with Gasteiger partial charge < -0.3 is 14.4 Å². The number of amides is 1. The lowest BCUT2D eigenvalue weighted by Gasteiger charge is -2.15. The number of carbonyl (C=O) groups is 1. The molecule has 1 aromatic carbocycles. The van der Waals surface area contributed by atoms with Gasteiger partial charge in [0.25, 0.3) is 0 Å². The van der Waals surface area contributed by atoms with Crippen LogP contribution in [0, 0.1) is 0 Å². The van der Waals surface area contributed by atoms with Crippen molar-refractivity contribution in [2.24, 2.45) is 0 Å². The molecule has 0 spiro atoms. The van der Waals surface area contributed by atoms with Crippen LogP contribution in [-0.4, -0.2) is 65.2 Å². The maximum absolute atomic E-state index is 12.3. The number of likely N-dealkylation sites (tertiary alicyclic amines) is 1. The topological polar surface area (TPSA) is 69.5 Å². The highest BCUT2D eigenvalue weighted by Gasteiger charge is 2.20. The first kappa shape index (κ1) is 18.7. The molecule has 0 saturated carbocycles. The average molecular weight is 376 g/mol. The number of hydrogen-bond donors (Lipinski definition) is 0. The lowest BCUT2D eigenvalue weighted by Crippen LogP contribution is -2.29. The summed E-state index contributed by atoms with van der Waals surface area (Å²) in [5.41, 5.74) is 0.951. The van der Waals surface area contributed by atoms with Gasteiger partial charge in [0.2, 0.25) is 5.91 Å². The molecule has 2 heterocycles. The van der Waals surface area contributed by atoms with Gasteiger partial charge in [0.1, 0.15) is 5.75 Å². The summed E-state index contributed by atoms with van der Waals surface area (Å²) in [6.07, 6.45) is 2.20. The minimum Gasteiger partial charge on any atom is -0.497 e. The molecule has 0 N–H and O–H groups in total. The van der Waals surface area contributed by atoms with E-state index in [0.29, 0.717) is 18.9 Å². The molecule has 1 saturated heterocycles. The molecule has 0 aliphatic carbocycles. The predicted molar refractivity (Wildman–Crippen MR) is 100 cm³/mol. The molecule has 1 aliphatic rings. The molecule has 0 radical (unpaired) electrons. The van der Waals surface area contributed by atoms with Crippen molar-refractivity contribution in [3.63, 3.8) is 0 Å². The Morgan fingerprint density at radius 1 is 1.15 bits per heavy atom. The van der Waals surface area contributed by atoms with Gasteiger partial charge in [-0.05, 0) is 37.1 Å². The summed E-state index contributed by atoms with van der Waals surface area (Å²) in [5.74, 6) is 2.11. The molecule has 8 heteroatoms. The summed E-state index contributed by atoms with van der Waals surface area (Å²) in [6.45, 7) is 2.92. The Labute approximate surface area is 157 Å². The Hall–Kier alpha value is -2.06. The zero-order valence-corrected chi connectivity index (χ0v) is 16.0. The third-order valence-corrected chi connectivity index (χ3v) is 5.32. The van der Waals surface area contributed by atoms with E-state index < -0.39 is 0 Å². The second-order valence-corrected chi connectivity index (χ2v) is 7.00. The van der Waals surface area contributed by atoms with Crippen LogP contribution < -0.4 is 4.74 Å². The molecule has 1 fully saturated rings. The van der Waals surface area contributed by atoms with Crippen LogP contribution in [0.4, 0.5) is 0 Å². The number of rotatable bonds is 8. The van der Waals surface area contributed by atoms with Crippen molar-refractivity contribution >= 4 is 17.7 Å². The van der Waals surface area contributed by atoms with Gasteiger partial charge in [-0.3, -0.25) is 9.36 Å². The molecular weight excluding hydrogens is 352 g/mol. The number of ether oxygens (including phenoxy) is 2. The van der Waals surface area contributed by atoms with Gasteiger partial charge in [-0.25, -0.2) is 0 Å². The average Bonchev–Trinajstić information content (AvgIpc) is 3.34. The van der Waals surface area contributed by atoms with Crippen LogP contribution in [-0.2, 0) is 16.1 Å². The molecular formula is C18H24N4O3S. The highest BCUT2D eigenvalue weighted by molar-refractivity contribution is 7.99. The lowest BCUT2D eigenvalue weighted by molar-refractivity contribution is -0.127. The fraction of sp³-hybridized carbons (Fsp3) is 0.500. The van der Waals surface area contributed by atoms with Crippen molar-refractivity contribution in [1.29, 1.82) is 0 Å². The maximum Gasteiger partial charge on any atom is 0.233 e. The van der Waals surface area contributed by atoms with E-state index in [1.165, 1.54) is 11.8 Å². The molecule has 3 rings (SSSR count). The van der Waals surface area contributed by atoms with E-state index in [0.717, 1.165) is 48.2 Å². The zero-order valence-electron chi connectivity index (χ0n) is 15.2. The van der Waals surface area contributed by atoms with Crippen LogP contribution in [0.25, 0.3) is 11.4 Å². The molecule has 26 heavy (non-hydrogen) atoms. The van der Waals surface area contributed by atoms with Gasteiger partial charge in [0.15, 0.2) is 11.0 Å². The standard InChI is InChI=1S/C18H24N4O3S/c1-24-12-11-22-17(14-5-7-15(25-2)8-6-14)19-20-18(22)26-13-16(23)21-9-3-4-10-21/h5-8H,3-4,9-13H2,1-2H3. The Morgan fingerprint density at radius 3 is 2.54 bits per heavy atom. The first-order valence-electron chi connectivity index (χ1n) is 8.70. The quantitative estimate of drug-likeness (QED) is 0.659. The monoisotopic (exact) mass is 376 g/mol. The zero-order chi connectivity index (χ0) is 18.4. The van der Waals surface area contributed by atoms with Gasteiger partial charge in [-0.15, -0.1) is 10.2 Å². The molecule has 1 aromatic heterocycles. The Morgan fingerprint density at radius 2 is 1.88 bits per heavy atom. The summed E-state index contributed by atoms with van der Waals surface area (Å²) in [7, 11) is 3.31. The van der Waals surface area contributed by atoms with Gasteiger partial charge >= 0.3 is 0 Å². The number of hydrogen-bond acceptors (Lipinski definition) is 6. The van der Waals surface area contributed by atoms with Gasteiger partial charge in [0.05, 0.1) is 26.0 Å². The summed E-state index contributed by atoms with van der Waals surface area (Å²) in [6, 6.07) is 7.70. The molecule has 2 aromatic rings. The van der Waals surface area contributed by atoms with E-state index in [-0.39, 0.29) is 5.91 Å². The fourth-order valence-corrected chi connectivity index (χ4v) is 3.78. The third kappa shape index (κ3) is 4.37. The van der Waals surface area contributed by atoms with Crippen molar-refractivity contribution in [2.45, 2.75) is 24.5 Å². The fourth-order valence-electron chi connectivity index (χ4n) is 2.92.